The van der Waals surface area contributed by atoms with Crippen molar-refractivity contribution in [3.8, 4) is 0 Å². The summed E-state index contributed by atoms with van der Waals surface area (Å²) in [6.45, 7) is 1.69. The second-order valence-corrected chi connectivity index (χ2v) is 7.25. The summed E-state index contributed by atoms with van der Waals surface area (Å²) in [6.07, 6.45) is 10.7. The van der Waals surface area contributed by atoms with Crippen LogP contribution in [0.4, 0.5) is 0 Å². The average Bonchev–Trinajstić information content (AvgIpc) is 3.27. The molecule has 0 unspecified atom stereocenters. The molecular formula is C17H21N3OS. The minimum absolute atomic E-state index is 0.244. The zero-order valence-electron chi connectivity index (χ0n) is 12.7. The van der Waals surface area contributed by atoms with Crippen LogP contribution in [0.1, 0.15) is 46.5 Å². The monoisotopic (exact) mass is 315 g/mol. The number of thiophene rings is 1. The molecule has 1 amide bonds. The number of likely N-dealkylation sites (tertiary alicyclic amines) is 1. The average molecular weight is 315 g/mol. The van der Waals surface area contributed by atoms with Crippen molar-refractivity contribution in [1.82, 2.24) is 14.7 Å². The first-order valence-corrected chi connectivity index (χ1v) is 9.08. The molecule has 0 radical (unpaired) electrons. The molecule has 2 aromatic heterocycles. The number of rotatable bonds is 3. The van der Waals surface area contributed by atoms with Gasteiger partial charge in [0.05, 0.1) is 18.2 Å². The van der Waals surface area contributed by atoms with Crippen LogP contribution in [0.15, 0.2) is 23.8 Å². The van der Waals surface area contributed by atoms with Crippen LogP contribution in [-0.4, -0.2) is 33.2 Å². The van der Waals surface area contributed by atoms with Crippen molar-refractivity contribution in [2.75, 3.05) is 6.54 Å². The number of aryl methyl sites for hydroxylation is 1. The van der Waals surface area contributed by atoms with E-state index >= 15 is 0 Å². The van der Waals surface area contributed by atoms with E-state index in [1.807, 2.05) is 16.9 Å². The van der Waals surface area contributed by atoms with E-state index in [-0.39, 0.29) is 11.9 Å². The molecule has 4 rings (SSSR count). The Kier molecular flexibility index (Phi) is 3.74. The van der Waals surface area contributed by atoms with Crippen molar-refractivity contribution in [1.29, 1.82) is 0 Å². The smallest absolute Gasteiger partial charge is 0.255 e. The second-order valence-electron chi connectivity index (χ2n) is 6.28. The number of hydrogen-bond acceptors (Lipinski definition) is 3. The molecule has 4 nitrogen and oxygen atoms in total. The fourth-order valence-corrected chi connectivity index (χ4v) is 4.86. The number of aromatic nitrogens is 2. The van der Waals surface area contributed by atoms with Gasteiger partial charge in [-0.15, -0.1) is 11.3 Å². The van der Waals surface area contributed by atoms with Crippen LogP contribution in [-0.2, 0) is 19.4 Å². The Bertz CT molecular complexity index is 662. The largest absolute Gasteiger partial charge is 0.334 e. The van der Waals surface area contributed by atoms with E-state index < -0.39 is 0 Å². The molecule has 0 saturated carbocycles. The lowest BCUT2D eigenvalue weighted by Gasteiger charge is -2.25. The molecular weight excluding hydrogens is 294 g/mol. The quantitative estimate of drug-likeness (QED) is 0.873. The standard InChI is InChI=1S/C17H21N3OS/c21-17(15-12-22-16-7-2-1-6-14(15)16)20-10-3-5-13(20)11-19-9-4-8-18-19/h4,8-9,12-13H,1-3,5-7,10-11H2/t13-/m0/s1. The van der Waals surface area contributed by atoms with E-state index in [1.54, 1.807) is 17.5 Å². The summed E-state index contributed by atoms with van der Waals surface area (Å²) < 4.78 is 1.94. The molecule has 22 heavy (non-hydrogen) atoms. The molecule has 1 fully saturated rings. The third-order valence-corrected chi connectivity index (χ3v) is 5.98. The molecule has 1 aliphatic carbocycles. The van der Waals surface area contributed by atoms with E-state index in [0.717, 1.165) is 44.3 Å². The van der Waals surface area contributed by atoms with Crippen molar-refractivity contribution in [2.24, 2.45) is 0 Å². The number of hydrogen-bond donors (Lipinski definition) is 0. The van der Waals surface area contributed by atoms with E-state index in [9.17, 15) is 4.79 Å². The van der Waals surface area contributed by atoms with Gasteiger partial charge >= 0.3 is 0 Å². The Balaban J connectivity index is 1.55. The lowest BCUT2D eigenvalue weighted by atomic mass is 9.95. The summed E-state index contributed by atoms with van der Waals surface area (Å²) in [5.41, 5.74) is 2.32. The topological polar surface area (TPSA) is 38.1 Å². The zero-order chi connectivity index (χ0) is 14.9. The third-order valence-electron chi connectivity index (χ3n) is 4.89. The van der Waals surface area contributed by atoms with E-state index in [0.29, 0.717) is 0 Å². The van der Waals surface area contributed by atoms with Gasteiger partial charge < -0.3 is 4.90 Å². The fourth-order valence-electron chi connectivity index (χ4n) is 3.75. The number of nitrogens with zero attached hydrogens (tertiary/aromatic N) is 3. The van der Waals surface area contributed by atoms with Crippen molar-refractivity contribution < 1.29 is 4.79 Å². The molecule has 0 bridgehead atoms. The summed E-state index contributed by atoms with van der Waals surface area (Å²) >= 11 is 1.78. The molecule has 2 aromatic rings. The molecule has 2 aliphatic rings. The first-order valence-electron chi connectivity index (χ1n) is 8.20. The minimum atomic E-state index is 0.244. The Morgan fingerprint density at radius 3 is 3.09 bits per heavy atom. The SMILES string of the molecule is O=C(c1csc2c1CCCC2)N1CCC[C@H]1Cn1cccn1. The van der Waals surface area contributed by atoms with Gasteiger partial charge in [-0.25, -0.2) is 0 Å². The van der Waals surface area contributed by atoms with Gasteiger partial charge in [0.15, 0.2) is 0 Å². The predicted molar refractivity (Wildman–Crippen MR) is 87.2 cm³/mol. The Labute approximate surface area is 134 Å². The van der Waals surface area contributed by atoms with Gasteiger partial charge in [-0.2, -0.15) is 5.10 Å². The summed E-state index contributed by atoms with van der Waals surface area (Å²) in [5.74, 6) is 0.244. The van der Waals surface area contributed by atoms with Crippen LogP contribution in [0.2, 0.25) is 0 Å². The molecule has 3 heterocycles. The van der Waals surface area contributed by atoms with Crippen LogP contribution >= 0.6 is 11.3 Å². The first-order chi connectivity index (χ1) is 10.8. The molecule has 1 atom stereocenters. The van der Waals surface area contributed by atoms with Gasteiger partial charge in [0.1, 0.15) is 0 Å². The zero-order valence-corrected chi connectivity index (χ0v) is 13.5. The van der Waals surface area contributed by atoms with E-state index in [4.69, 9.17) is 0 Å². The first kappa shape index (κ1) is 14.0. The minimum Gasteiger partial charge on any atom is -0.334 e. The number of carbonyl (C=O) groups excluding carboxylic acids is 1. The highest BCUT2D eigenvalue weighted by molar-refractivity contribution is 7.10. The van der Waals surface area contributed by atoms with Gasteiger partial charge in [0.25, 0.3) is 5.91 Å². The highest BCUT2D eigenvalue weighted by Crippen LogP contribution is 2.32. The lowest BCUT2D eigenvalue weighted by molar-refractivity contribution is 0.0721. The normalized spacial score (nSPS) is 21.1. The molecule has 0 aromatic carbocycles. The fraction of sp³-hybridized carbons (Fsp3) is 0.529. The molecule has 116 valence electrons. The maximum absolute atomic E-state index is 13.0. The highest BCUT2D eigenvalue weighted by Gasteiger charge is 2.32. The van der Waals surface area contributed by atoms with Gasteiger partial charge in [0, 0.05) is 29.2 Å². The maximum Gasteiger partial charge on any atom is 0.255 e. The predicted octanol–water partition coefficient (Wildman–Crippen LogP) is 3.13. The van der Waals surface area contributed by atoms with Crippen molar-refractivity contribution in [3.63, 3.8) is 0 Å². The molecule has 0 spiro atoms. The lowest BCUT2D eigenvalue weighted by Crippen LogP contribution is -2.38. The Hall–Kier alpha value is -1.62. The highest BCUT2D eigenvalue weighted by atomic mass is 32.1. The van der Waals surface area contributed by atoms with Gasteiger partial charge in [0.2, 0.25) is 0 Å². The summed E-state index contributed by atoms with van der Waals surface area (Å²) in [5, 5.41) is 6.39. The van der Waals surface area contributed by atoms with Crippen LogP contribution in [0, 0.1) is 0 Å². The van der Waals surface area contributed by atoms with Gasteiger partial charge in [-0.05, 0) is 50.2 Å². The van der Waals surface area contributed by atoms with Crippen molar-refractivity contribution >= 4 is 17.2 Å². The van der Waals surface area contributed by atoms with E-state index in [1.165, 1.54) is 23.3 Å². The van der Waals surface area contributed by atoms with Crippen LogP contribution in [0.5, 0.6) is 0 Å². The van der Waals surface area contributed by atoms with Crippen LogP contribution in [0.3, 0.4) is 0 Å². The maximum atomic E-state index is 13.0. The molecule has 1 aliphatic heterocycles. The molecule has 5 heteroatoms. The number of fused-ring (bicyclic) bond motifs is 1. The molecule has 1 saturated heterocycles. The van der Waals surface area contributed by atoms with Crippen molar-refractivity contribution in [2.45, 2.75) is 51.1 Å². The van der Waals surface area contributed by atoms with E-state index in [2.05, 4.69) is 15.4 Å². The Morgan fingerprint density at radius 1 is 1.32 bits per heavy atom. The summed E-state index contributed by atoms with van der Waals surface area (Å²) in [7, 11) is 0. The van der Waals surface area contributed by atoms with Gasteiger partial charge in [-0.3, -0.25) is 9.48 Å². The summed E-state index contributed by atoms with van der Waals surface area (Å²) in [4.78, 5) is 16.5. The number of amides is 1. The van der Waals surface area contributed by atoms with Crippen LogP contribution in [0.25, 0.3) is 0 Å². The summed E-state index contributed by atoms with van der Waals surface area (Å²) in [6, 6.07) is 2.22. The Morgan fingerprint density at radius 2 is 2.23 bits per heavy atom. The second kappa shape index (κ2) is 5.88. The number of carbonyl (C=O) groups is 1. The van der Waals surface area contributed by atoms with Crippen molar-refractivity contribution in [3.05, 3.63) is 39.8 Å². The van der Waals surface area contributed by atoms with Gasteiger partial charge in [-0.1, -0.05) is 0 Å². The third kappa shape index (κ3) is 2.47. The van der Waals surface area contributed by atoms with Crippen LogP contribution < -0.4 is 0 Å². The molecule has 0 N–H and O–H groups in total.